The van der Waals surface area contributed by atoms with Gasteiger partial charge in [0.25, 0.3) is 0 Å². The summed E-state index contributed by atoms with van der Waals surface area (Å²) in [6.07, 6.45) is 0. The molecule has 0 aliphatic carbocycles. The van der Waals surface area contributed by atoms with Gasteiger partial charge in [0.05, 0.1) is 11.5 Å². The number of nitrogen functional groups attached to an aromatic ring is 1. The van der Waals surface area contributed by atoms with Crippen molar-refractivity contribution in [2.75, 3.05) is 5.73 Å². The molecule has 1 aromatic carbocycles. The van der Waals surface area contributed by atoms with Gasteiger partial charge in [0, 0.05) is 11.6 Å². The molecule has 0 radical (unpaired) electrons. The Morgan fingerprint density at radius 2 is 2.05 bits per heavy atom. The molecule has 0 fully saturated rings. The second-order valence-electron chi connectivity index (χ2n) is 3.69. The van der Waals surface area contributed by atoms with Gasteiger partial charge in [-0.15, -0.1) is 0 Å². The van der Waals surface area contributed by atoms with Crippen LogP contribution in [0, 0.1) is 10.1 Å². The van der Waals surface area contributed by atoms with Crippen LogP contribution in [-0.4, -0.2) is 15.0 Å². The van der Waals surface area contributed by atoms with Crippen LogP contribution < -0.4 is 10.5 Å². The minimum atomic E-state index is -0.608. The molecule has 0 amide bonds. The van der Waals surface area contributed by atoms with E-state index in [2.05, 4.69) is 4.98 Å². The fourth-order valence-electron chi connectivity index (χ4n) is 1.50. The molecule has 0 aliphatic rings. The summed E-state index contributed by atoms with van der Waals surface area (Å²) in [4.78, 5) is 14.1. The fourth-order valence-corrected chi connectivity index (χ4v) is 1.50. The van der Waals surface area contributed by atoms with Crippen LogP contribution in [0.1, 0.15) is 5.56 Å². The minimum Gasteiger partial charge on any atom is -0.433 e. The number of rotatable bonds is 4. The first kappa shape index (κ1) is 12.8. The Hall–Kier alpha value is -2.67. The summed E-state index contributed by atoms with van der Waals surface area (Å²) in [5.41, 5.74) is 5.70. The Bertz CT molecular complexity index is 616. The fraction of sp³-hybridized carbons (Fsp3) is 0.0833. The van der Waals surface area contributed by atoms with Gasteiger partial charge in [-0.1, -0.05) is 18.2 Å². The van der Waals surface area contributed by atoms with Gasteiger partial charge in [0.1, 0.15) is 11.6 Å². The van der Waals surface area contributed by atoms with E-state index in [0.29, 0.717) is 11.3 Å². The summed E-state index contributed by atoms with van der Waals surface area (Å²) in [5.74, 6) is 0.208. The lowest BCUT2D eigenvalue weighted by Gasteiger charge is -2.09. The molecule has 3 N–H and O–H groups in total. The zero-order chi connectivity index (χ0) is 13.8. The third-order valence-corrected chi connectivity index (χ3v) is 2.41. The van der Waals surface area contributed by atoms with Crippen LogP contribution in [0.25, 0.3) is 0 Å². The van der Waals surface area contributed by atoms with Gasteiger partial charge in [-0.05, 0) is 12.1 Å². The highest BCUT2D eigenvalue weighted by molar-refractivity contribution is 5.49. The van der Waals surface area contributed by atoms with Crippen LogP contribution in [0.15, 0.2) is 36.4 Å². The molecule has 0 unspecified atom stereocenters. The van der Waals surface area contributed by atoms with E-state index in [1.807, 2.05) is 0 Å². The van der Waals surface area contributed by atoms with E-state index in [-0.39, 0.29) is 24.0 Å². The molecule has 1 heterocycles. The van der Waals surface area contributed by atoms with Gasteiger partial charge in [0.15, 0.2) is 0 Å². The molecule has 0 saturated carbocycles. The average Bonchev–Trinajstić information content (AvgIpc) is 2.39. The number of benzene rings is 1. The van der Waals surface area contributed by atoms with Crippen molar-refractivity contribution >= 4 is 11.5 Å². The molecule has 2 aromatic rings. The SMILES string of the molecule is Nc1ccc([N+](=O)[O-])c(Oc2ccccc2CO)n1. The summed E-state index contributed by atoms with van der Waals surface area (Å²) in [7, 11) is 0. The molecule has 7 heteroatoms. The number of nitro groups is 1. The molecule has 0 spiro atoms. The van der Waals surface area contributed by atoms with Gasteiger partial charge in [0.2, 0.25) is 0 Å². The second kappa shape index (κ2) is 5.32. The number of aliphatic hydroxyl groups excluding tert-OH is 1. The van der Waals surface area contributed by atoms with Crippen LogP contribution in [0.3, 0.4) is 0 Å². The maximum absolute atomic E-state index is 10.9. The molecule has 0 saturated heterocycles. The zero-order valence-electron chi connectivity index (χ0n) is 9.81. The lowest BCUT2D eigenvalue weighted by atomic mass is 10.2. The quantitative estimate of drug-likeness (QED) is 0.641. The van der Waals surface area contributed by atoms with Crippen LogP contribution in [0.4, 0.5) is 11.5 Å². The van der Waals surface area contributed by atoms with E-state index in [9.17, 15) is 15.2 Å². The Balaban J connectivity index is 2.42. The maximum atomic E-state index is 10.9. The third kappa shape index (κ3) is 2.78. The number of nitrogens with zero attached hydrogens (tertiary/aromatic N) is 2. The number of pyridine rings is 1. The Morgan fingerprint density at radius 1 is 1.32 bits per heavy atom. The number of anilines is 1. The van der Waals surface area contributed by atoms with Crippen molar-refractivity contribution in [2.24, 2.45) is 0 Å². The number of aliphatic hydroxyl groups is 1. The lowest BCUT2D eigenvalue weighted by Crippen LogP contribution is -2.00. The van der Waals surface area contributed by atoms with E-state index in [4.69, 9.17) is 10.5 Å². The number of hydrogen-bond donors (Lipinski definition) is 2. The monoisotopic (exact) mass is 261 g/mol. The molecule has 1 aromatic heterocycles. The normalized spacial score (nSPS) is 10.2. The summed E-state index contributed by atoms with van der Waals surface area (Å²) < 4.78 is 5.38. The van der Waals surface area contributed by atoms with Crippen molar-refractivity contribution in [3.63, 3.8) is 0 Å². The van der Waals surface area contributed by atoms with Crippen molar-refractivity contribution in [1.82, 2.24) is 4.98 Å². The van der Waals surface area contributed by atoms with Crippen LogP contribution in [-0.2, 0) is 6.61 Å². The molecule has 0 aliphatic heterocycles. The number of para-hydroxylation sites is 1. The highest BCUT2D eigenvalue weighted by Crippen LogP contribution is 2.31. The topological polar surface area (TPSA) is 112 Å². The predicted octanol–water partition coefficient (Wildman–Crippen LogP) is 1.86. The molecular formula is C12H11N3O4. The minimum absolute atomic E-state index is 0.113. The lowest BCUT2D eigenvalue weighted by molar-refractivity contribution is -0.386. The third-order valence-electron chi connectivity index (χ3n) is 2.41. The van der Waals surface area contributed by atoms with Crippen LogP contribution >= 0.6 is 0 Å². The number of ether oxygens (including phenoxy) is 1. The molecule has 19 heavy (non-hydrogen) atoms. The highest BCUT2D eigenvalue weighted by Gasteiger charge is 2.18. The molecule has 0 atom stereocenters. The highest BCUT2D eigenvalue weighted by atomic mass is 16.6. The molecule has 7 nitrogen and oxygen atoms in total. The Morgan fingerprint density at radius 3 is 2.74 bits per heavy atom. The summed E-state index contributed by atoms with van der Waals surface area (Å²) in [5, 5.41) is 20.0. The van der Waals surface area contributed by atoms with Crippen molar-refractivity contribution in [3.05, 3.63) is 52.1 Å². The zero-order valence-corrected chi connectivity index (χ0v) is 9.81. The van der Waals surface area contributed by atoms with Gasteiger partial charge in [-0.3, -0.25) is 10.1 Å². The van der Waals surface area contributed by atoms with Crippen molar-refractivity contribution in [1.29, 1.82) is 0 Å². The first-order valence-electron chi connectivity index (χ1n) is 5.39. The van der Waals surface area contributed by atoms with Crippen molar-refractivity contribution in [3.8, 4) is 11.6 Å². The molecule has 2 rings (SSSR count). The first-order valence-corrected chi connectivity index (χ1v) is 5.39. The molecule has 98 valence electrons. The van der Waals surface area contributed by atoms with Gasteiger partial charge >= 0.3 is 11.6 Å². The number of hydrogen-bond acceptors (Lipinski definition) is 6. The molecular weight excluding hydrogens is 250 g/mol. The second-order valence-corrected chi connectivity index (χ2v) is 3.69. The Labute approximate surface area is 108 Å². The largest absolute Gasteiger partial charge is 0.433 e. The van der Waals surface area contributed by atoms with E-state index in [0.717, 1.165) is 0 Å². The van der Waals surface area contributed by atoms with Crippen LogP contribution in [0.2, 0.25) is 0 Å². The average molecular weight is 261 g/mol. The van der Waals surface area contributed by atoms with Crippen molar-refractivity contribution < 1.29 is 14.8 Å². The van der Waals surface area contributed by atoms with Gasteiger partial charge in [-0.25, -0.2) is 0 Å². The van der Waals surface area contributed by atoms with E-state index < -0.39 is 4.92 Å². The Kier molecular flexibility index (Phi) is 3.58. The number of aromatic nitrogens is 1. The summed E-state index contributed by atoms with van der Waals surface area (Å²) in [6.45, 7) is -0.244. The van der Waals surface area contributed by atoms with Crippen LogP contribution in [0.5, 0.6) is 11.6 Å². The van der Waals surface area contributed by atoms with E-state index >= 15 is 0 Å². The standard InChI is InChI=1S/C12H11N3O4/c13-11-6-5-9(15(17)18)12(14-11)19-10-4-2-1-3-8(10)7-16/h1-6,16H,7H2,(H2,13,14). The van der Waals surface area contributed by atoms with Gasteiger partial charge < -0.3 is 15.6 Å². The smallest absolute Gasteiger partial charge is 0.331 e. The summed E-state index contributed by atoms with van der Waals surface area (Å²) in [6, 6.07) is 9.18. The van der Waals surface area contributed by atoms with Gasteiger partial charge in [-0.2, -0.15) is 4.98 Å². The van der Waals surface area contributed by atoms with E-state index in [1.54, 1.807) is 24.3 Å². The predicted molar refractivity (Wildman–Crippen MR) is 67.7 cm³/mol. The summed E-state index contributed by atoms with van der Waals surface area (Å²) >= 11 is 0. The first-order chi connectivity index (χ1) is 9.11. The number of nitrogens with two attached hydrogens (primary N) is 1. The van der Waals surface area contributed by atoms with E-state index in [1.165, 1.54) is 12.1 Å². The maximum Gasteiger partial charge on any atom is 0.331 e. The molecule has 0 bridgehead atoms. The van der Waals surface area contributed by atoms with Crippen molar-refractivity contribution in [2.45, 2.75) is 6.61 Å².